The van der Waals surface area contributed by atoms with Crippen LogP contribution in [0.5, 0.6) is 5.75 Å². The molecule has 0 atom stereocenters. The minimum Gasteiger partial charge on any atom is -0.494 e. The molecule has 0 amide bonds. The number of hydrogen-bond donors (Lipinski definition) is 1. The molecular formula is C14H12Cl3N5O3. The van der Waals surface area contributed by atoms with Gasteiger partial charge in [-0.25, -0.2) is 4.98 Å². The number of allylic oxidation sites excluding steroid dienone is 1. The van der Waals surface area contributed by atoms with E-state index in [0.717, 1.165) is 4.68 Å². The topological polar surface area (TPSA) is 95.1 Å². The number of ether oxygens (including phenoxy) is 1. The van der Waals surface area contributed by atoms with Gasteiger partial charge in [0.2, 0.25) is 5.82 Å². The number of halogens is 3. The molecule has 1 N–H and O–H groups in total. The first kappa shape index (κ1) is 19.0. The zero-order valence-electron chi connectivity index (χ0n) is 12.8. The Balaban J connectivity index is 2.51. The molecule has 1 heterocycles. The van der Waals surface area contributed by atoms with Gasteiger partial charge in [0.25, 0.3) is 0 Å². The SMILES string of the molecule is CCOc1ccc(NC(=C(C(Cl)=C(Cl)Cl)[N+](=O)[O-])n2cncn2)cc1. The van der Waals surface area contributed by atoms with Crippen molar-refractivity contribution in [3.8, 4) is 5.75 Å². The van der Waals surface area contributed by atoms with Crippen LogP contribution < -0.4 is 10.1 Å². The van der Waals surface area contributed by atoms with Crippen LogP contribution in [0, 0.1) is 10.1 Å². The van der Waals surface area contributed by atoms with Crippen LogP contribution in [-0.4, -0.2) is 26.3 Å². The Morgan fingerprint density at radius 2 is 2.00 bits per heavy atom. The summed E-state index contributed by atoms with van der Waals surface area (Å²) in [6.45, 7) is 2.39. The van der Waals surface area contributed by atoms with Gasteiger partial charge in [-0.2, -0.15) is 9.78 Å². The summed E-state index contributed by atoms with van der Waals surface area (Å²) in [4.78, 5) is 14.6. The summed E-state index contributed by atoms with van der Waals surface area (Å²) in [7, 11) is 0. The molecule has 11 heteroatoms. The van der Waals surface area contributed by atoms with Crippen molar-refractivity contribution in [3.63, 3.8) is 0 Å². The number of benzene rings is 1. The Hall–Kier alpha value is -2.29. The van der Waals surface area contributed by atoms with Gasteiger partial charge in [0.05, 0.1) is 11.5 Å². The fourth-order valence-electron chi connectivity index (χ4n) is 1.85. The van der Waals surface area contributed by atoms with Gasteiger partial charge in [0.1, 0.15) is 22.9 Å². The first-order valence-electron chi connectivity index (χ1n) is 6.88. The average molecular weight is 405 g/mol. The highest BCUT2D eigenvalue weighted by Crippen LogP contribution is 2.30. The second kappa shape index (κ2) is 8.70. The van der Waals surface area contributed by atoms with Crippen LogP contribution in [0.2, 0.25) is 0 Å². The van der Waals surface area contributed by atoms with Crippen molar-refractivity contribution in [3.05, 3.63) is 62.3 Å². The molecular weight excluding hydrogens is 393 g/mol. The monoisotopic (exact) mass is 403 g/mol. The molecule has 0 unspecified atom stereocenters. The molecule has 25 heavy (non-hydrogen) atoms. The maximum atomic E-state index is 11.5. The van der Waals surface area contributed by atoms with Gasteiger partial charge < -0.3 is 10.1 Å². The first-order valence-corrected chi connectivity index (χ1v) is 8.02. The molecule has 132 valence electrons. The van der Waals surface area contributed by atoms with Crippen molar-refractivity contribution in [1.82, 2.24) is 14.8 Å². The third-order valence-corrected chi connectivity index (χ3v) is 3.80. The van der Waals surface area contributed by atoms with E-state index in [9.17, 15) is 10.1 Å². The van der Waals surface area contributed by atoms with E-state index in [0.29, 0.717) is 18.0 Å². The van der Waals surface area contributed by atoms with E-state index in [1.807, 2.05) is 6.92 Å². The number of anilines is 1. The molecule has 0 aliphatic rings. The molecule has 0 aliphatic heterocycles. The van der Waals surface area contributed by atoms with Gasteiger partial charge in [-0.05, 0) is 31.2 Å². The molecule has 0 radical (unpaired) electrons. The molecule has 0 fully saturated rings. The molecule has 2 rings (SSSR count). The lowest BCUT2D eigenvalue weighted by Gasteiger charge is -2.12. The number of hydrogen-bond acceptors (Lipinski definition) is 6. The lowest BCUT2D eigenvalue weighted by Crippen LogP contribution is -2.15. The van der Waals surface area contributed by atoms with Gasteiger partial charge in [0.15, 0.2) is 5.03 Å². The third-order valence-electron chi connectivity index (χ3n) is 2.86. The van der Waals surface area contributed by atoms with E-state index < -0.39 is 20.1 Å². The van der Waals surface area contributed by atoms with Crippen LogP contribution in [0.1, 0.15) is 6.92 Å². The highest BCUT2D eigenvalue weighted by Gasteiger charge is 2.27. The van der Waals surface area contributed by atoms with Crippen LogP contribution in [0.15, 0.2) is 52.1 Å². The summed E-state index contributed by atoms with van der Waals surface area (Å²) in [6.07, 6.45) is 2.49. The van der Waals surface area contributed by atoms with Crippen LogP contribution in [0.25, 0.3) is 5.82 Å². The van der Waals surface area contributed by atoms with E-state index in [2.05, 4.69) is 15.4 Å². The molecule has 1 aromatic carbocycles. The second-order valence-corrected chi connectivity index (χ2v) is 5.78. The van der Waals surface area contributed by atoms with Crippen LogP contribution in [-0.2, 0) is 0 Å². The molecule has 0 saturated carbocycles. The highest BCUT2D eigenvalue weighted by molar-refractivity contribution is 6.59. The quantitative estimate of drug-likeness (QED) is 0.424. The zero-order chi connectivity index (χ0) is 18.4. The first-order chi connectivity index (χ1) is 11.9. The van der Waals surface area contributed by atoms with E-state index in [1.54, 1.807) is 24.3 Å². The van der Waals surface area contributed by atoms with Crippen molar-refractivity contribution < 1.29 is 9.66 Å². The van der Waals surface area contributed by atoms with Crippen LogP contribution in [0.3, 0.4) is 0 Å². The smallest absolute Gasteiger partial charge is 0.332 e. The number of rotatable bonds is 7. The van der Waals surface area contributed by atoms with Crippen molar-refractivity contribution >= 4 is 46.3 Å². The summed E-state index contributed by atoms with van der Waals surface area (Å²) in [5.74, 6) is 0.589. The molecule has 0 spiro atoms. The summed E-state index contributed by atoms with van der Waals surface area (Å²) < 4.78 is 6.06. The number of aromatic nitrogens is 3. The minimum absolute atomic E-state index is 0.0736. The van der Waals surface area contributed by atoms with Crippen molar-refractivity contribution in [1.29, 1.82) is 0 Å². The lowest BCUT2D eigenvalue weighted by molar-refractivity contribution is -0.419. The molecule has 0 bridgehead atoms. The second-order valence-electron chi connectivity index (χ2n) is 4.45. The maximum Gasteiger partial charge on any atom is 0.332 e. The van der Waals surface area contributed by atoms with Gasteiger partial charge in [-0.3, -0.25) is 10.1 Å². The van der Waals surface area contributed by atoms with E-state index in [-0.39, 0.29) is 5.82 Å². The number of nitro groups is 1. The van der Waals surface area contributed by atoms with E-state index in [4.69, 9.17) is 39.5 Å². The van der Waals surface area contributed by atoms with Crippen molar-refractivity contribution in [2.24, 2.45) is 0 Å². The summed E-state index contributed by atoms with van der Waals surface area (Å²) in [5, 5.41) is 17.8. The maximum absolute atomic E-state index is 11.5. The van der Waals surface area contributed by atoms with Crippen LogP contribution >= 0.6 is 34.8 Å². The standard InChI is InChI=1S/C14H12Cl3N5O3/c1-2-25-10-5-3-9(4-6-10)20-14(21-8-18-7-19-21)12(22(23)24)11(15)13(16)17/h3-8,20H,2H2,1H3. The van der Waals surface area contributed by atoms with Gasteiger partial charge in [-0.1, -0.05) is 34.8 Å². The predicted octanol–water partition coefficient (Wildman–Crippen LogP) is 4.08. The van der Waals surface area contributed by atoms with Crippen LogP contribution in [0.4, 0.5) is 5.69 Å². The fraction of sp³-hybridized carbons (Fsp3) is 0.143. The minimum atomic E-state index is -0.717. The summed E-state index contributed by atoms with van der Waals surface area (Å²) >= 11 is 17.1. The highest BCUT2D eigenvalue weighted by atomic mass is 35.5. The number of nitrogens with one attached hydrogen (secondary N) is 1. The van der Waals surface area contributed by atoms with Gasteiger partial charge in [-0.15, -0.1) is 0 Å². The Morgan fingerprint density at radius 3 is 2.48 bits per heavy atom. The average Bonchev–Trinajstić information content (AvgIpc) is 3.10. The molecule has 2 aromatic rings. The Bertz CT molecular complexity index is 800. The fourth-order valence-corrected chi connectivity index (χ4v) is 2.18. The molecule has 0 saturated heterocycles. The number of nitrogens with zero attached hydrogens (tertiary/aromatic N) is 4. The Kier molecular flexibility index (Phi) is 6.63. The summed E-state index contributed by atoms with van der Waals surface area (Å²) in [6, 6.07) is 6.78. The zero-order valence-corrected chi connectivity index (χ0v) is 15.1. The van der Waals surface area contributed by atoms with Gasteiger partial charge in [0, 0.05) is 5.69 Å². The predicted molar refractivity (Wildman–Crippen MR) is 96.1 cm³/mol. The van der Waals surface area contributed by atoms with Crippen molar-refractivity contribution in [2.75, 3.05) is 11.9 Å². The molecule has 8 nitrogen and oxygen atoms in total. The van der Waals surface area contributed by atoms with Crippen molar-refractivity contribution in [2.45, 2.75) is 6.92 Å². The van der Waals surface area contributed by atoms with E-state index >= 15 is 0 Å². The van der Waals surface area contributed by atoms with E-state index in [1.165, 1.54) is 12.7 Å². The largest absolute Gasteiger partial charge is 0.494 e. The molecule has 0 aliphatic carbocycles. The Morgan fingerprint density at radius 1 is 1.32 bits per heavy atom. The third kappa shape index (κ3) is 4.85. The normalized spacial score (nSPS) is 11.5. The summed E-state index contributed by atoms with van der Waals surface area (Å²) in [5.41, 5.74) is -0.0236. The molecule has 1 aromatic heterocycles. The van der Waals surface area contributed by atoms with Gasteiger partial charge >= 0.3 is 5.70 Å². The Labute approximate surface area is 157 Å². The lowest BCUT2D eigenvalue weighted by atomic mass is 10.3.